The number of hydrogen-bond donors (Lipinski definition) is 2. The summed E-state index contributed by atoms with van der Waals surface area (Å²) in [5.74, 6) is 0.468. The number of rotatable bonds is 5. The second-order valence-electron chi connectivity index (χ2n) is 4.05. The molecule has 0 spiro atoms. The first-order valence-electron chi connectivity index (χ1n) is 5.95. The van der Waals surface area contributed by atoms with Crippen molar-refractivity contribution in [1.82, 2.24) is 9.78 Å². The monoisotopic (exact) mass is 281 g/mol. The Kier molecular flexibility index (Phi) is 4.16. The first-order valence-corrected chi connectivity index (χ1v) is 6.33. The Morgan fingerprint density at radius 2 is 2.26 bits per heavy atom. The third-order valence-electron chi connectivity index (χ3n) is 2.78. The summed E-state index contributed by atoms with van der Waals surface area (Å²) < 4.78 is 6.88. The lowest BCUT2D eigenvalue weighted by Crippen LogP contribution is -2.00. The van der Waals surface area contributed by atoms with Crippen molar-refractivity contribution in [2.75, 3.05) is 12.4 Å². The van der Waals surface area contributed by atoms with Crippen molar-refractivity contribution in [3.8, 4) is 11.5 Å². The van der Waals surface area contributed by atoms with Crippen molar-refractivity contribution in [3.05, 3.63) is 35.1 Å². The van der Waals surface area contributed by atoms with Gasteiger partial charge in [-0.3, -0.25) is 4.68 Å². The van der Waals surface area contributed by atoms with Crippen LogP contribution in [0, 0.1) is 0 Å². The number of ether oxygens (including phenoxy) is 1. The number of phenols is 1. The van der Waals surface area contributed by atoms with Gasteiger partial charge in [0.1, 0.15) is 0 Å². The summed E-state index contributed by atoms with van der Waals surface area (Å²) in [6.45, 7) is 3.28. The van der Waals surface area contributed by atoms with Crippen molar-refractivity contribution in [1.29, 1.82) is 0 Å². The van der Waals surface area contributed by atoms with Crippen LogP contribution >= 0.6 is 11.6 Å². The van der Waals surface area contributed by atoms with Crippen molar-refractivity contribution in [2.45, 2.75) is 20.0 Å². The van der Waals surface area contributed by atoms with E-state index < -0.39 is 0 Å². The van der Waals surface area contributed by atoms with E-state index in [0.717, 1.165) is 12.2 Å². The summed E-state index contributed by atoms with van der Waals surface area (Å²) in [5, 5.41) is 17.9. The summed E-state index contributed by atoms with van der Waals surface area (Å²) >= 11 is 5.97. The number of phenolic OH excluding ortho intramolecular Hbond substituents is 1. The summed E-state index contributed by atoms with van der Waals surface area (Å²) in [6, 6.07) is 3.28. The van der Waals surface area contributed by atoms with Crippen molar-refractivity contribution >= 4 is 17.3 Å². The molecule has 0 aliphatic carbocycles. The van der Waals surface area contributed by atoms with Crippen LogP contribution in [0.2, 0.25) is 5.02 Å². The molecule has 0 saturated heterocycles. The molecule has 6 heteroatoms. The zero-order chi connectivity index (χ0) is 13.8. The number of aryl methyl sites for hydroxylation is 1. The van der Waals surface area contributed by atoms with Gasteiger partial charge in [0.2, 0.25) is 0 Å². The van der Waals surface area contributed by atoms with Gasteiger partial charge in [-0.25, -0.2) is 0 Å². The van der Waals surface area contributed by atoms with E-state index in [9.17, 15) is 5.11 Å². The van der Waals surface area contributed by atoms with Crippen LogP contribution in [-0.2, 0) is 13.1 Å². The van der Waals surface area contributed by atoms with E-state index in [-0.39, 0.29) is 5.75 Å². The Bertz CT molecular complexity index is 569. The van der Waals surface area contributed by atoms with E-state index >= 15 is 0 Å². The molecule has 5 nitrogen and oxygen atoms in total. The Morgan fingerprint density at radius 1 is 1.47 bits per heavy atom. The molecule has 0 saturated carbocycles. The molecular formula is C13H16ClN3O2. The number of nitrogens with zero attached hydrogens (tertiary/aromatic N) is 2. The fourth-order valence-corrected chi connectivity index (χ4v) is 1.97. The van der Waals surface area contributed by atoms with Gasteiger partial charge in [-0.1, -0.05) is 11.6 Å². The second-order valence-corrected chi connectivity index (χ2v) is 4.49. The molecule has 0 amide bonds. The number of aromatic hydroxyl groups is 1. The Labute approximate surface area is 116 Å². The average Bonchev–Trinajstić information content (AvgIpc) is 2.87. The smallest absolute Gasteiger partial charge is 0.162 e. The standard InChI is InChI=1S/C13H16ClN3O2/c1-3-17-8-11(7-16-17)15-6-9-4-10(14)5-12(19-2)13(9)18/h4-5,7-8,15,18H,3,6H2,1-2H3. The number of nitrogens with one attached hydrogen (secondary N) is 1. The van der Waals surface area contributed by atoms with Gasteiger partial charge in [0.05, 0.1) is 19.0 Å². The molecule has 1 heterocycles. The lowest BCUT2D eigenvalue weighted by atomic mass is 10.2. The molecule has 0 fully saturated rings. The fourth-order valence-electron chi connectivity index (χ4n) is 1.74. The van der Waals surface area contributed by atoms with E-state index in [2.05, 4.69) is 10.4 Å². The summed E-state index contributed by atoms with van der Waals surface area (Å²) in [6.07, 6.45) is 3.64. The van der Waals surface area contributed by atoms with E-state index in [4.69, 9.17) is 16.3 Å². The zero-order valence-corrected chi connectivity index (χ0v) is 11.6. The van der Waals surface area contributed by atoms with Gasteiger partial charge >= 0.3 is 0 Å². The van der Waals surface area contributed by atoms with Gasteiger partial charge in [-0.15, -0.1) is 0 Å². The predicted molar refractivity (Wildman–Crippen MR) is 74.9 cm³/mol. The van der Waals surface area contributed by atoms with Gasteiger partial charge in [-0.05, 0) is 13.0 Å². The minimum Gasteiger partial charge on any atom is -0.504 e. The maximum atomic E-state index is 10.00. The number of anilines is 1. The number of benzene rings is 1. The lowest BCUT2D eigenvalue weighted by Gasteiger charge is -2.10. The normalized spacial score (nSPS) is 10.5. The molecule has 1 aromatic heterocycles. The number of halogens is 1. The third-order valence-corrected chi connectivity index (χ3v) is 3.00. The zero-order valence-electron chi connectivity index (χ0n) is 10.9. The largest absolute Gasteiger partial charge is 0.504 e. The van der Waals surface area contributed by atoms with Crippen molar-refractivity contribution in [2.24, 2.45) is 0 Å². The van der Waals surface area contributed by atoms with Gasteiger partial charge in [-0.2, -0.15) is 5.10 Å². The van der Waals surface area contributed by atoms with E-state index in [1.807, 2.05) is 17.8 Å². The Hall–Kier alpha value is -1.88. The summed E-state index contributed by atoms with van der Waals surface area (Å²) in [4.78, 5) is 0. The topological polar surface area (TPSA) is 59.3 Å². The minimum absolute atomic E-state index is 0.0993. The van der Waals surface area contributed by atoms with Crippen LogP contribution in [0.25, 0.3) is 0 Å². The average molecular weight is 282 g/mol. The first-order chi connectivity index (χ1) is 9.13. The number of methoxy groups -OCH3 is 1. The van der Waals surface area contributed by atoms with E-state index in [0.29, 0.717) is 22.9 Å². The van der Waals surface area contributed by atoms with E-state index in [1.165, 1.54) is 7.11 Å². The van der Waals surface area contributed by atoms with Gasteiger partial charge in [0.25, 0.3) is 0 Å². The van der Waals surface area contributed by atoms with Gasteiger partial charge in [0, 0.05) is 35.9 Å². The first kappa shape index (κ1) is 13.5. The van der Waals surface area contributed by atoms with Crippen LogP contribution < -0.4 is 10.1 Å². The Morgan fingerprint density at radius 3 is 2.89 bits per heavy atom. The van der Waals surface area contributed by atoms with Crippen LogP contribution in [0.4, 0.5) is 5.69 Å². The molecule has 102 valence electrons. The molecule has 0 radical (unpaired) electrons. The molecule has 1 aromatic carbocycles. The van der Waals surface area contributed by atoms with Crippen LogP contribution in [0.15, 0.2) is 24.5 Å². The van der Waals surface area contributed by atoms with Crippen molar-refractivity contribution < 1.29 is 9.84 Å². The quantitative estimate of drug-likeness (QED) is 0.885. The molecular weight excluding hydrogens is 266 g/mol. The highest BCUT2D eigenvalue weighted by Crippen LogP contribution is 2.33. The predicted octanol–water partition coefficient (Wildman–Crippen LogP) is 2.88. The maximum absolute atomic E-state index is 10.00. The second kappa shape index (κ2) is 5.84. The molecule has 0 unspecified atom stereocenters. The molecule has 2 rings (SSSR count). The van der Waals surface area contributed by atoms with Gasteiger partial charge < -0.3 is 15.2 Å². The van der Waals surface area contributed by atoms with Crippen LogP contribution in [-0.4, -0.2) is 22.0 Å². The van der Waals surface area contributed by atoms with Crippen molar-refractivity contribution in [3.63, 3.8) is 0 Å². The highest BCUT2D eigenvalue weighted by atomic mass is 35.5. The summed E-state index contributed by atoms with van der Waals surface area (Å²) in [5.41, 5.74) is 1.56. The van der Waals surface area contributed by atoms with Crippen LogP contribution in [0.3, 0.4) is 0 Å². The highest BCUT2D eigenvalue weighted by molar-refractivity contribution is 6.30. The van der Waals surface area contributed by atoms with E-state index in [1.54, 1.807) is 18.3 Å². The molecule has 2 N–H and O–H groups in total. The third kappa shape index (κ3) is 3.12. The summed E-state index contributed by atoms with van der Waals surface area (Å²) in [7, 11) is 1.49. The molecule has 0 atom stereocenters. The fraction of sp³-hybridized carbons (Fsp3) is 0.308. The minimum atomic E-state index is 0.0993. The molecule has 2 aromatic rings. The SMILES string of the molecule is CCn1cc(NCc2cc(Cl)cc(OC)c2O)cn1. The molecule has 0 aliphatic heterocycles. The Balaban J connectivity index is 2.12. The molecule has 0 aliphatic rings. The number of aromatic nitrogens is 2. The van der Waals surface area contributed by atoms with Gasteiger partial charge in [0.15, 0.2) is 11.5 Å². The number of hydrogen-bond acceptors (Lipinski definition) is 4. The van der Waals surface area contributed by atoms with Crippen LogP contribution in [0.1, 0.15) is 12.5 Å². The van der Waals surface area contributed by atoms with Crippen LogP contribution in [0.5, 0.6) is 11.5 Å². The molecule has 19 heavy (non-hydrogen) atoms. The maximum Gasteiger partial charge on any atom is 0.162 e. The molecule has 0 bridgehead atoms. The lowest BCUT2D eigenvalue weighted by molar-refractivity contribution is 0.371. The highest BCUT2D eigenvalue weighted by Gasteiger charge is 2.10.